The molecule has 1 N–H and O–H groups in total. The number of carboxylic acids is 1. The fraction of sp³-hybridized carbons (Fsp3) is 0.500. The molecule has 2 aliphatic rings. The van der Waals surface area contributed by atoms with Crippen LogP contribution < -0.4 is 0 Å². The average molecular weight is 364 g/mol. The lowest BCUT2D eigenvalue weighted by Gasteiger charge is -2.24. The van der Waals surface area contributed by atoms with Gasteiger partial charge >= 0.3 is 12.1 Å². The number of carboxylic acid groups (broad SMARTS) is 1. The fourth-order valence-corrected chi connectivity index (χ4v) is 3.19. The van der Waals surface area contributed by atoms with Gasteiger partial charge in [0.25, 0.3) is 0 Å². The lowest BCUT2D eigenvalue weighted by molar-refractivity contribution is -0.142. The predicted molar refractivity (Wildman–Crippen MR) is 81.9 cm³/mol. The monoisotopic (exact) mass is 363 g/mol. The molecule has 1 amide bonds. The highest BCUT2D eigenvalue weighted by Gasteiger charge is 2.54. The van der Waals surface area contributed by atoms with E-state index < -0.39 is 29.0 Å². The predicted octanol–water partition coefficient (Wildman–Crippen LogP) is 3.09. The second-order valence-electron chi connectivity index (χ2n) is 6.24. The maximum Gasteiger partial charge on any atom is 0.416 e. The third kappa shape index (κ3) is 3.22. The highest BCUT2D eigenvalue weighted by Crippen LogP contribution is 2.51. The Labute approximate surface area is 143 Å². The van der Waals surface area contributed by atoms with Gasteiger partial charge in [-0.15, -0.1) is 12.4 Å². The van der Waals surface area contributed by atoms with E-state index >= 15 is 0 Å². The summed E-state index contributed by atoms with van der Waals surface area (Å²) in [5, 5.41) is 9.01. The van der Waals surface area contributed by atoms with Gasteiger partial charge in [-0.3, -0.25) is 9.59 Å². The summed E-state index contributed by atoms with van der Waals surface area (Å²) in [6.07, 6.45) is -3.06. The molecule has 4 nitrogen and oxygen atoms in total. The number of likely N-dealkylation sites (tertiary alicyclic amines) is 1. The minimum Gasteiger partial charge on any atom is -0.481 e. The Kier molecular flexibility index (Phi) is 4.86. The zero-order valence-corrected chi connectivity index (χ0v) is 13.5. The van der Waals surface area contributed by atoms with Crippen molar-refractivity contribution < 1.29 is 27.9 Å². The number of hydrogen-bond acceptors (Lipinski definition) is 2. The van der Waals surface area contributed by atoms with E-state index in [-0.39, 0.29) is 24.9 Å². The topological polar surface area (TPSA) is 57.6 Å². The van der Waals surface area contributed by atoms with Crippen molar-refractivity contribution in [3.8, 4) is 0 Å². The zero-order chi connectivity index (χ0) is 16.8. The van der Waals surface area contributed by atoms with Crippen molar-refractivity contribution in [2.75, 3.05) is 13.1 Å². The smallest absolute Gasteiger partial charge is 0.416 e. The van der Waals surface area contributed by atoms with Gasteiger partial charge in [0.1, 0.15) is 0 Å². The molecule has 1 saturated heterocycles. The summed E-state index contributed by atoms with van der Waals surface area (Å²) in [5.41, 5.74) is -1.30. The van der Waals surface area contributed by atoms with Crippen LogP contribution in [-0.2, 0) is 21.2 Å². The molecule has 1 heterocycles. The molecular formula is C16H17ClF3NO3. The van der Waals surface area contributed by atoms with Crippen LogP contribution in [0.3, 0.4) is 0 Å². The summed E-state index contributed by atoms with van der Waals surface area (Å²) < 4.78 is 38.6. The number of halogens is 4. The van der Waals surface area contributed by atoms with Gasteiger partial charge in [-0.1, -0.05) is 18.2 Å². The van der Waals surface area contributed by atoms with Gasteiger partial charge in [0.05, 0.1) is 16.9 Å². The number of carbonyl (C=O) groups is 2. The number of amides is 1. The van der Waals surface area contributed by atoms with Gasteiger partial charge in [-0.2, -0.15) is 13.2 Å². The van der Waals surface area contributed by atoms with Gasteiger partial charge < -0.3 is 10.0 Å². The summed E-state index contributed by atoms with van der Waals surface area (Å²) in [6, 6.07) is 4.89. The van der Waals surface area contributed by atoms with Crippen LogP contribution in [0, 0.1) is 5.92 Å². The second-order valence-corrected chi connectivity index (χ2v) is 6.24. The molecule has 24 heavy (non-hydrogen) atoms. The molecule has 0 aromatic heterocycles. The van der Waals surface area contributed by atoms with Crippen LogP contribution in [0.2, 0.25) is 0 Å². The molecular weight excluding hydrogens is 347 g/mol. The Morgan fingerprint density at radius 3 is 2.42 bits per heavy atom. The number of benzene rings is 1. The fourth-order valence-electron chi connectivity index (χ4n) is 3.19. The van der Waals surface area contributed by atoms with E-state index in [0.29, 0.717) is 31.4 Å². The molecule has 0 bridgehead atoms. The van der Waals surface area contributed by atoms with Gasteiger partial charge in [-0.05, 0) is 30.9 Å². The van der Waals surface area contributed by atoms with E-state index in [9.17, 15) is 22.8 Å². The van der Waals surface area contributed by atoms with Crippen molar-refractivity contribution in [2.45, 2.75) is 30.9 Å². The van der Waals surface area contributed by atoms with Crippen LogP contribution in [-0.4, -0.2) is 35.0 Å². The van der Waals surface area contributed by atoms with Crippen LogP contribution in [0.15, 0.2) is 24.3 Å². The number of alkyl halides is 3. The van der Waals surface area contributed by atoms with Crippen molar-refractivity contribution in [1.82, 2.24) is 4.90 Å². The molecule has 132 valence electrons. The standard InChI is InChI=1S/C16H16F3NO3.ClH/c17-16(18,19)12-3-1-2-11(8-12)15(5-6-15)14(23)20-7-4-10(9-20)13(21)22;/h1-3,8,10H,4-7,9H2,(H,21,22);1H. The molecule has 0 spiro atoms. The number of nitrogens with zero attached hydrogens (tertiary/aromatic N) is 1. The summed E-state index contributed by atoms with van der Waals surface area (Å²) in [5.74, 6) is -1.78. The van der Waals surface area contributed by atoms with Gasteiger partial charge in [0.15, 0.2) is 0 Å². The maximum absolute atomic E-state index is 12.9. The Hall–Kier alpha value is -1.76. The minimum absolute atomic E-state index is 0. The Morgan fingerprint density at radius 1 is 1.25 bits per heavy atom. The first-order valence-corrected chi connectivity index (χ1v) is 7.44. The molecule has 3 rings (SSSR count). The Balaban J connectivity index is 0.00000208. The molecule has 1 aliphatic heterocycles. The van der Waals surface area contributed by atoms with Crippen LogP contribution in [0.25, 0.3) is 0 Å². The number of carbonyl (C=O) groups excluding carboxylic acids is 1. The first-order valence-electron chi connectivity index (χ1n) is 7.44. The van der Waals surface area contributed by atoms with Crippen molar-refractivity contribution in [1.29, 1.82) is 0 Å². The normalized spacial score (nSPS) is 22.0. The zero-order valence-electron chi connectivity index (χ0n) is 12.7. The lowest BCUT2D eigenvalue weighted by Crippen LogP contribution is -2.38. The van der Waals surface area contributed by atoms with Crippen molar-refractivity contribution in [3.05, 3.63) is 35.4 Å². The minimum atomic E-state index is -4.45. The summed E-state index contributed by atoms with van der Waals surface area (Å²) in [7, 11) is 0. The van der Waals surface area contributed by atoms with Crippen molar-refractivity contribution >= 4 is 24.3 Å². The molecule has 1 saturated carbocycles. The summed E-state index contributed by atoms with van der Waals surface area (Å²) in [4.78, 5) is 25.2. The van der Waals surface area contributed by atoms with E-state index in [1.165, 1.54) is 11.0 Å². The third-order valence-electron chi connectivity index (χ3n) is 4.73. The summed E-state index contributed by atoms with van der Waals surface area (Å²) >= 11 is 0. The lowest BCUT2D eigenvalue weighted by atomic mass is 9.92. The van der Waals surface area contributed by atoms with E-state index in [0.717, 1.165) is 12.1 Å². The molecule has 2 fully saturated rings. The average Bonchev–Trinajstić information content (AvgIpc) is 3.15. The maximum atomic E-state index is 12.9. The first-order chi connectivity index (χ1) is 10.7. The molecule has 1 aromatic carbocycles. The molecule has 1 aliphatic carbocycles. The van der Waals surface area contributed by atoms with Crippen LogP contribution in [0.1, 0.15) is 30.4 Å². The van der Waals surface area contributed by atoms with E-state index in [1.54, 1.807) is 6.07 Å². The Morgan fingerprint density at radius 2 is 1.92 bits per heavy atom. The first kappa shape index (κ1) is 18.6. The molecule has 8 heteroatoms. The number of aliphatic carboxylic acids is 1. The van der Waals surface area contributed by atoms with Crippen molar-refractivity contribution in [2.24, 2.45) is 5.92 Å². The largest absolute Gasteiger partial charge is 0.481 e. The summed E-state index contributed by atoms with van der Waals surface area (Å²) in [6.45, 7) is 0.478. The van der Waals surface area contributed by atoms with E-state index in [2.05, 4.69) is 0 Å². The SMILES string of the molecule is Cl.O=C(O)C1CCN(C(=O)C2(c3cccc(C(F)(F)F)c3)CC2)C1. The van der Waals surface area contributed by atoms with Crippen molar-refractivity contribution in [3.63, 3.8) is 0 Å². The van der Waals surface area contributed by atoms with Crippen LogP contribution in [0.5, 0.6) is 0 Å². The molecule has 1 unspecified atom stereocenters. The van der Waals surface area contributed by atoms with E-state index in [4.69, 9.17) is 5.11 Å². The quantitative estimate of drug-likeness (QED) is 0.897. The highest BCUT2D eigenvalue weighted by molar-refractivity contribution is 5.92. The third-order valence-corrected chi connectivity index (χ3v) is 4.73. The van der Waals surface area contributed by atoms with Gasteiger partial charge in [0.2, 0.25) is 5.91 Å². The highest BCUT2D eigenvalue weighted by atomic mass is 35.5. The Bertz CT molecular complexity index is 658. The number of rotatable bonds is 3. The van der Waals surface area contributed by atoms with Gasteiger partial charge in [-0.25, -0.2) is 0 Å². The van der Waals surface area contributed by atoms with Crippen LogP contribution in [0.4, 0.5) is 13.2 Å². The van der Waals surface area contributed by atoms with E-state index in [1.807, 2.05) is 0 Å². The van der Waals surface area contributed by atoms with Gasteiger partial charge in [0, 0.05) is 13.1 Å². The second kappa shape index (κ2) is 6.27. The molecule has 0 radical (unpaired) electrons. The molecule has 1 atom stereocenters. The molecule has 1 aromatic rings. The van der Waals surface area contributed by atoms with Crippen LogP contribution >= 0.6 is 12.4 Å². The number of hydrogen-bond donors (Lipinski definition) is 1.